The molecule has 0 N–H and O–H groups in total. The molecular weight excluding hydrogens is 422 g/mol. The molecule has 6 aromatic rings. The van der Waals surface area contributed by atoms with Crippen LogP contribution in [0.3, 0.4) is 0 Å². The zero-order chi connectivity index (χ0) is 22.2. The third kappa shape index (κ3) is 3.67. The summed E-state index contributed by atoms with van der Waals surface area (Å²) in [5.74, 6) is 0. The van der Waals surface area contributed by atoms with Gasteiger partial charge in [0.15, 0.2) is 0 Å². The number of hydrogen-bond acceptors (Lipinski definition) is 3. The molecule has 6 rings (SSSR count). The Bertz CT molecular complexity index is 1550. The molecule has 0 unspecified atom stereocenters. The van der Waals surface area contributed by atoms with Crippen molar-refractivity contribution < 1.29 is 4.42 Å². The number of rotatable bonds is 4. The Morgan fingerprint density at radius 3 is 1.79 bits per heavy atom. The third-order valence-corrected chi connectivity index (χ3v) is 6.24. The second-order valence-electron chi connectivity index (χ2n) is 8.05. The van der Waals surface area contributed by atoms with Gasteiger partial charge in [-0.1, -0.05) is 54.6 Å². The predicted octanol–water partition coefficient (Wildman–Crippen LogP) is 9.01. The molecule has 0 fully saturated rings. The van der Waals surface area contributed by atoms with Crippen LogP contribution in [0.5, 0.6) is 0 Å². The summed E-state index contributed by atoms with van der Waals surface area (Å²) in [6.45, 7) is 0. The molecule has 2 nitrogen and oxygen atoms in total. The second kappa shape index (κ2) is 8.19. The predicted molar refractivity (Wildman–Crippen MR) is 141 cm³/mol. The normalized spacial score (nSPS) is 11.2. The van der Waals surface area contributed by atoms with Crippen LogP contribution in [0.15, 0.2) is 131 Å². The highest BCUT2D eigenvalue weighted by molar-refractivity contribution is 7.80. The van der Waals surface area contributed by atoms with Crippen molar-refractivity contribution in [1.29, 1.82) is 0 Å². The molecule has 0 saturated carbocycles. The first kappa shape index (κ1) is 19.7. The van der Waals surface area contributed by atoms with Gasteiger partial charge < -0.3 is 9.32 Å². The molecule has 0 bridgehead atoms. The number of benzene rings is 5. The van der Waals surface area contributed by atoms with Crippen molar-refractivity contribution in [3.63, 3.8) is 0 Å². The highest BCUT2D eigenvalue weighted by Crippen LogP contribution is 2.39. The molecule has 0 amide bonds. The Hall–Kier alpha value is -3.95. The Morgan fingerprint density at radius 2 is 1.06 bits per heavy atom. The lowest BCUT2D eigenvalue weighted by molar-refractivity contribution is 0.669. The molecular formula is C30H21NOS. The van der Waals surface area contributed by atoms with Gasteiger partial charge in [0.05, 0.1) is 0 Å². The second-order valence-corrected chi connectivity index (χ2v) is 8.56. The summed E-state index contributed by atoms with van der Waals surface area (Å²) in [6, 6.07) is 41.9. The van der Waals surface area contributed by atoms with Crippen LogP contribution in [0.1, 0.15) is 0 Å². The van der Waals surface area contributed by atoms with Gasteiger partial charge in [0, 0.05) is 38.8 Å². The molecule has 158 valence electrons. The summed E-state index contributed by atoms with van der Waals surface area (Å²) < 4.78 is 6.36. The van der Waals surface area contributed by atoms with Crippen molar-refractivity contribution in [1.82, 2.24) is 0 Å². The summed E-state index contributed by atoms with van der Waals surface area (Å²) in [4.78, 5) is 3.17. The molecule has 33 heavy (non-hydrogen) atoms. The van der Waals surface area contributed by atoms with E-state index in [2.05, 4.69) is 115 Å². The smallest absolute Gasteiger partial charge is 0.137 e. The van der Waals surface area contributed by atoms with Crippen molar-refractivity contribution in [2.45, 2.75) is 4.90 Å². The van der Waals surface area contributed by atoms with E-state index < -0.39 is 0 Å². The fourth-order valence-electron chi connectivity index (χ4n) is 4.34. The zero-order valence-electron chi connectivity index (χ0n) is 17.8. The maximum atomic E-state index is 6.36. The van der Waals surface area contributed by atoms with E-state index in [4.69, 9.17) is 4.42 Å². The Labute approximate surface area is 198 Å². The van der Waals surface area contributed by atoms with E-state index in [9.17, 15) is 0 Å². The fourth-order valence-corrected chi connectivity index (χ4v) is 4.49. The number of hydrogen-bond donors (Lipinski definition) is 1. The van der Waals surface area contributed by atoms with E-state index in [0.717, 1.165) is 49.5 Å². The highest BCUT2D eigenvalue weighted by atomic mass is 32.1. The summed E-state index contributed by atoms with van der Waals surface area (Å²) >= 11 is 4.45. The standard InChI is InChI=1S/C30H21NOS/c33-26-15-12-24(13-16-26)31(23-9-5-2-6-10-23)25-14-18-28-27-17-11-22(21-7-3-1-4-8-21)19-29(27)32-30(28)20-25/h1-20,33H. The first-order valence-corrected chi connectivity index (χ1v) is 11.4. The Morgan fingerprint density at radius 1 is 0.485 bits per heavy atom. The topological polar surface area (TPSA) is 16.4 Å². The Kier molecular flexibility index (Phi) is 4.89. The molecule has 0 atom stereocenters. The van der Waals surface area contributed by atoms with Crippen LogP contribution in [0.2, 0.25) is 0 Å². The molecule has 0 radical (unpaired) electrons. The molecule has 1 heterocycles. The van der Waals surface area contributed by atoms with Crippen molar-refractivity contribution in [2.75, 3.05) is 4.90 Å². The number of nitrogens with zero attached hydrogens (tertiary/aromatic N) is 1. The van der Waals surface area contributed by atoms with E-state index in [1.807, 2.05) is 24.3 Å². The van der Waals surface area contributed by atoms with Crippen LogP contribution >= 0.6 is 12.6 Å². The van der Waals surface area contributed by atoms with E-state index in [-0.39, 0.29) is 0 Å². The molecule has 0 aliphatic carbocycles. The molecule has 0 aliphatic heterocycles. The monoisotopic (exact) mass is 443 g/mol. The minimum Gasteiger partial charge on any atom is -0.456 e. The van der Waals surface area contributed by atoms with Crippen molar-refractivity contribution in [3.05, 3.63) is 121 Å². The van der Waals surface area contributed by atoms with Gasteiger partial charge >= 0.3 is 0 Å². The van der Waals surface area contributed by atoms with Crippen LogP contribution in [0, 0.1) is 0 Å². The summed E-state index contributed by atoms with van der Waals surface area (Å²) in [7, 11) is 0. The molecule has 5 aromatic carbocycles. The quantitative estimate of drug-likeness (QED) is 0.274. The van der Waals surface area contributed by atoms with Gasteiger partial charge in [0.25, 0.3) is 0 Å². The molecule has 1 aromatic heterocycles. The van der Waals surface area contributed by atoms with Gasteiger partial charge in [-0.15, -0.1) is 12.6 Å². The van der Waals surface area contributed by atoms with Gasteiger partial charge in [0.2, 0.25) is 0 Å². The molecule has 3 heteroatoms. The summed E-state index contributed by atoms with van der Waals surface area (Å²) in [5, 5.41) is 2.24. The summed E-state index contributed by atoms with van der Waals surface area (Å²) in [5.41, 5.74) is 7.31. The average Bonchev–Trinajstić information content (AvgIpc) is 3.24. The van der Waals surface area contributed by atoms with Crippen molar-refractivity contribution in [3.8, 4) is 11.1 Å². The van der Waals surface area contributed by atoms with Gasteiger partial charge in [-0.05, 0) is 71.8 Å². The third-order valence-electron chi connectivity index (χ3n) is 5.94. The minimum atomic E-state index is 0.874. The summed E-state index contributed by atoms with van der Waals surface area (Å²) in [6.07, 6.45) is 0. The minimum absolute atomic E-state index is 0.874. The molecule has 0 saturated heterocycles. The first-order chi connectivity index (χ1) is 16.3. The van der Waals surface area contributed by atoms with Crippen LogP contribution in [-0.4, -0.2) is 0 Å². The SMILES string of the molecule is Sc1ccc(N(c2ccccc2)c2ccc3c(c2)oc2cc(-c4ccccc4)ccc23)cc1. The molecule has 0 spiro atoms. The van der Waals surface area contributed by atoms with Gasteiger partial charge in [-0.25, -0.2) is 0 Å². The van der Waals surface area contributed by atoms with Gasteiger partial charge in [-0.2, -0.15) is 0 Å². The Balaban J connectivity index is 1.49. The lowest BCUT2D eigenvalue weighted by atomic mass is 10.0. The number of anilines is 3. The van der Waals surface area contributed by atoms with Gasteiger partial charge in [0.1, 0.15) is 11.2 Å². The van der Waals surface area contributed by atoms with E-state index in [1.54, 1.807) is 0 Å². The number of para-hydroxylation sites is 1. The maximum Gasteiger partial charge on any atom is 0.137 e. The lowest BCUT2D eigenvalue weighted by Crippen LogP contribution is -2.09. The van der Waals surface area contributed by atoms with Gasteiger partial charge in [-0.3, -0.25) is 0 Å². The van der Waals surface area contributed by atoms with Crippen LogP contribution in [-0.2, 0) is 0 Å². The highest BCUT2D eigenvalue weighted by Gasteiger charge is 2.15. The first-order valence-electron chi connectivity index (χ1n) is 10.9. The number of thiol groups is 1. The number of fused-ring (bicyclic) bond motifs is 3. The zero-order valence-corrected chi connectivity index (χ0v) is 18.7. The van der Waals surface area contributed by atoms with E-state index in [0.29, 0.717) is 0 Å². The van der Waals surface area contributed by atoms with Crippen LogP contribution in [0.25, 0.3) is 33.1 Å². The van der Waals surface area contributed by atoms with Crippen LogP contribution in [0.4, 0.5) is 17.1 Å². The van der Waals surface area contributed by atoms with Crippen molar-refractivity contribution in [2.24, 2.45) is 0 Å². The maximum absolute atomic E-state index is 6.36. The average molecular weight is 444 g/mol. The lowest BCUT2D eigenvalue weighted by Gasteiger charge is -2.25. The molecule has 0 aliphatic rings. The van der Waals surface area contributed by atoms with Crippen LogP contribution < -0.4 is 4.90 Å². The van der Waals surface area contributed by atoms with E-state index in [1.165, 1.54) is 5.56 Å². The van der Waals surface area contributed by atoms with E-state index >= 15 is 0 Å². The van der Waals surface area contributed by atoms with Crippen molar-refractivity contribution >= 4 is 51.6 Å². The largest absolute Gasteiger partial charge is 0.456 e. The fraction of sp³-hybridized carbons (Fsp3) is 0. The number of furan rings is 1.